The first-order chi connectivity index (χ1) is 18.3. The summed E-state index contributed by atoms with van der Waals surface area (Å²) in [6.45, 7) is 1.59. The molecule has 0 aliphatic carbocycles. The minimum Gasteiger partial charge on any atom is -0.508 e. The summed E-state index contributed by atoms with van der Waals surface area (Å²) in [6.07, 6.45) is 0. The zero-order valence-electron chi connectivity index (χ0n) is 19.9. The van der Waals surface area contributed by atoms with Gasteiger partial charge in [-0.05, 0) is 30.3 Å². The number of hydrogen-bond acceptors (Lipinski definition) is 8. The predicted octanol–water partition coefficient (Wildman–Crippen LogP) is 2.92. The minimum atomic E-state index is -0.842. The van der Waals surface area contributed by atoms with E-state index >= 15 is 0 Å². The topological polar surface area (TPSA) is 109 Å². The summed E-state index contributed by atoms with van der Waals surface area (Å²) < 4.78 is 6.72. The van der Waals surface area contributed by atoms with Crippen LogP contribution in [-0.2, 0) is 25.7 Å². The molecule has 0 radical (unpaired) electrons. The van der Waals surface area contributed by atoms with Gasteiger partial charge in [-0.15, -0.1) is 0 Å². The number of morpholine rings is 1. The molecular formula is C26H22ClN3O6S2. The maximum atomic E-state index is 13.8. The molecular weight excluding hydrogens is 550 g/mol. The highest BCUT2D eigenvalue weighted by Crippen LogP contribution is 2.55. The predicted molar refractivity (Wildman–Crippen MR) is 143 cm³/mol. The van der Waals surface area contributed by atoms with Crippen molar-refractivity contribution in [1.82, 2.24) is 9.47 Å². The third kappa shape index (κ3) is 4.14. The van der Waals surface area contributed by atoms with Crippen LogP contribution in [0.15, 0.2) is 58.4 Å². The number of phenols is 1. The average molecular weight is 572 g/mol. The maximum Gasteiger partial charge on any atom is 0.308 e. The standard InChI is InChI=1S/C26H22ClN3O6S2/c27-14-5-7-15(8-6-14)30-23(33)20-19(16-3-1-2-4-17(16)31)22-25(37-21(20)24(30)34)29(26(35)38-22)13-18(32)28-9-11-36-12-10-28/h1-8,19-21,31H,9-13H2/t19-,20+,21-/m0/s1. The summed E-state index contributed by atoms with van der Waals surface area (Å²) in [4.78, 5) is 56.8. The first-order valence-electron chi connectivity index (χ1n) is 12.0. The van der Waals surface area contributed by atoms with Gasteiger partial charge in [-0.25, -0.2) is 4.90 Å². The molecule has 12 heteroatoms. The van der Waals surface area contributed by atoms with Crippen LogP contribution in [0.5, 0.6) is 5.75 Å². The Bertz CT molecular complexity index is 1500. The Morgan fingerprint density at radius 3 is 2.45 bits per heavy atom. The van der Waals surface area contributed by atoms with Crippen molar-refractivity contribution in [2.45, 2.75) is 22.7 Å². The van der Waals surface area contributed by atoms with Crippen LogP contribution in [0.25, 0.3) is 0 Å². The van der Waals surface area contributed by atoms with Crippen LogP contribution in [0.1, 0.15) is 16.4 Å². The lowest BCUT2D eigenvalue weighted by Crippen LogP contribution is -2.43. The zero-order valence-corrected chi connectivity index (χ0v) is 22.3. The first kappa shape index (κ1) is 25.2. The third-order valence-electron chi connectivity index (χ3n) is 7.06. The number of carbonyl (C=O) groups excluding carboxylic acids is 3. The number of aromatic hydroxyl groups is 1. The molecule has 2 aromatic carbocycles. The van der Waals surface area contributed by atoms with E-state index in [2.05, 4.69) is 0 Å². The van der Waals surface area contributed by atoms with Crippen LogP contribution >= 0.6 is 34.7 Å². The summed E-state index contributed by atoms with van der Waals surface area (Å²) in [6, 6.07) is 13.1. The number of anilines is 1. The van der Waals surface area contributed by atoms with E-state index in [9.17, 15) is 24.3 Å². The molecule has 3 aromatic rings. The summed E-state index contributed by atoms with van der Waals surface area (Å²) in [5, 5.41) is 10.9. The molecule has 9 nitrogen and oxygen atoms in total. The molecule has 3 atom stereocenters. The first-order valence-corrected chi connectivity index (χ1v) is 14.1. The highest BCUT2D eigenvalue weighted by atomic mass is 35.5. The molecule has 0 saturated carbocycles. The highest BCUT2D eigenvalue weighted by molar-refractivity contribution is 8.00. The third-order valence-corrected chi connectivity index (χ3v) is 9.92. The lowest BCUT2D eigenvalue weighted by Gasteiger charge is -2.31. The number of hydrogen-bond donors (Lipinski definition) is 1. The van der Waals surface area contributed by atoms with Crippen LogP contribution < -0.4 is 9.77 Å². The number of para-hydroxylation sites is 1. The van der Waals surface area contributed by atoms with E-state index in [1.165, 1.54) is 10.6 Å². The molecule has 196 valence electrons. The number of halogens is 1. The van der Waals surface area contributed by atoms with E-state index in [1.807, 2.05) is 0 Å². The highest BCUT2D eigenvalue weighted by Gasteiger charge is 2.57. The Morgan fingerprint density at radius 2 is 1.74 bits per heavy atom. The van der Waals surface area contributed by atoms with E-state index < -0.39 is 28.9 Å². The number of aromatic nitrogens is 1. The van der Waals surface area contributed by atoms with Crippen molar-refractivity contribution in [2.24, 2.45) is 5.92 Å². The lowest BCUT2D eigenvalue weighted by atomic mass is 9.82. The molecule has 2 saturated heterocycles. The molecule has 38 heavy (non-hydrogen) atoms. The van der Waals surface area contributed by atoms with Gasteiger partial charge in [-0.2, -0.15) is 0 Å². The van der Waals surface area contributed by atoms with Crippen LogP contribution in [0, 0.1) is 5.92 Å². The summed E-state index contributed by atoms with van der Waals surface area (Å²) in [5.41, 5.74) is 0.856. The van der Waals surface area contributed by atoms with E-state index in [1.54, 1.807) is 47.4 Å². The van der Waals surface area contributed by atoms with Crippen LogP contribution in [-0.4, -0.2) is 63.8 Å². The monoisotopic (exact) mass is 571 g/mol. The normalized spacial score (nSPS) is 22.9. The molecule has 0 unspecified atom stereocenters. The Balaban J connectivity index is 1.45. The number of carbonyl (C=O) groups is 3. The van der Waals surface area contributed by atoms with E-state index in [0.717, 1.165) is 28.0 Å². The molecule has 1 N–H and O–H groups in total. The van der Waals surface area contributed by atoms with Gasteiger partial charge in [0.25, 0.3) is 0 Å². The number of thiazole rings is 1. The maximum absolute atomic E-state index is 13.8. The van der Waals surface area contributed by atoms with Gasteiger partial charge in [-0.1, -0.05) is 52.9 Å². The minimum absolute atomic E-state index is 0.0314. The molecule has 3 aliphatic rings. The van der Waals surface area contributed by atoms with E-state index in [0.29, 0.717) is 52.5 Å². The van der Waals surface area contributed by atoms with Crippen molar-refractivity contribution < 1.29 is 24.2 Å². The number of amides is 3. The van der Waals surface area contributed by atoms with E-state index in [-0.39, 0.29) is 23.1 Å². The molecule has 0 bridgehead atoms. The largest absolute Gasteiger partial charge is 0.508 e. The second kappa shape index (κ2) is 9.88. The van der Waals surface area contributed by atoms with Gasteiger partial charge >= 0.3 is 4.87 Å². The lowest BCUT2D eigenvalue weighted by molar-refractivity contribution is -0.136. The van der Waals surface area contributed by atoms with Crippen LogP contribution in [0.4, 0.5) is 5.69 Å². The Labute approximate surface area is 230 Å². The SMILES string of the molecule is O=C(Cn1c2c(sc1=O)[C@@H](c1ccccc1O)[C@H]1C(=O)N(c3ccc(Cl)cc3)C(=O)[C@H]1S2)N1CCOCC1. The number of thioether (sulfide) groups is 1. The fraction of sp³-hybridized carbons (Fsp3) is 0.308. The van der Waals surface area contributed by atoms with Gasteiger partial charge in [0, 0.05) is 34.5 Å². The number of benzene rings is 2. The molecule has 4 heterocycles. The Kier molecular flexibility index (Phi) is 6.55. The summed E-state index contributed by atoms with van der Waals surface area (Å²) in [5.74, 6) is -2.65. The van der Waals surface area contributed by atoms with Gasteiger partial charge in [0.1, 0.15) is 17.5 Å². The molecule has 2 fully saturated rings. The molecule has 3 aliphatic heterocycles. The van der Waals surface area contributed by atoms with E-state index in [4.69, 9.17) is 16.3 Å². The quantitative estimate of drug-likeness (QED) is 0.480. The smallest absolute Gasteiger partial charge is 0.308 e. The summed E-state index contributed by atoms with van der Waals surface area (Å²) >= 11 is 8.11. The molecule has 3 amide bonds. The molecule has 1 aromatic heterocycles. The average Bonchev–Trinajstić information content (AvgIpc) is 3.36. The van der Waals surface area contributed by atoms with Crippen molar-refractivity contribution in [2.75, 3.05) is 31.2 Å². The number of ether oxygens (including phenoxy) is 1. The zero-order chi connectivity index (χ0) is 26.6. The second-order valence-corrected chi connectivity index (χ2v) is 11.8. The fourth-order valence-corrected chi connectivity index (χ4v) is 8.12. The second-order valence-electron chi connectivity index (χ2n) is 9.21. The number of phenolic OH excluding ortho intramolecular Hbond substituents is 1. The fourth-order valence-electron chi connectivity index (χ4n) is 5.23. The van der Waals surface area contributed by atoms with Crippen molar-refractivity contribution in [3.05, 3.63) is 73.7 Å². The number of nitrogens with zero attached hydrogens (tertiary/aromatic N) is 3. The number of rotatable bonds is 4. The van der Waals surface area contributed by atoms with Crippen LogP contribution in [0.2, 0.25) is 5.02 Å². The Morgan fingerprint density at radius 1 is 1.03 bits per heavy atom. The van der Waals surface area contributed by atoms with Crippen molar-refractivity contribution in [3.8, 4) is 5.75 Å². The van der Waals surface area contributed by atoms with Gasteiger partial charge in [0.2, 0.25) is 17.7 Å². The van der Waals surface area contributed by atoms with Gasteiger partial charge in [0.15, 0.2) is 0 Å². The number of imide groups is 1. The van der Waals surface area contributed by atoms with Crippen molar-refractivity contribution in [3.63, 3.8) is 0 Å². The van der Waals surface area contributed by atoms with Gasteiger partial charge in [0.05, 0.1) is 29.8 Å². The van der Waals surface area contributed by atoms with Gasteiger partial charge < -0.3 is 14.7 Å². The number of fused-ring (bicyclic) bond motifs is 2. The molecule has 0 spiro atoms. The Hall–Kier alpha value is -3.12. The van der Waals surface area contributed by atoms with Crippen LogP contribution in [0.3, 0.4) is 0 Å². The van der Waals surface area contributed by atoms with Crippen molar-refractivity contribution in [1.29, 1.82) is 0 Å². The van der Waals surface area contributed by atoms with Crippen molar-refractivity contribution >= 4 is 58.1 Å². The summed E-state index contributed by atoms with van der Waals surface area (Å²) in [7, 11) is 0. The van der Waals surface area contributed by atoms with Gasteiger partial charge in [-0.3, -0.25) is 23.7 Å². The molecule has 6 rings (SSSR count).